The third kappa shape index (κ3) is 4.38. The van der Waals surface area contributed by atoms with E-state index in [4.69, 9.17) is 10.5 Å². The van der Waals surface area contributed by atoms with Gasteiger partial charge in [-0.25, -0.2) is 13.8 Å². The molecule has 4 aromatic rings. The van der Waals surface area contributed by atoms with Gasteiger partial charge >= 0.3 is 0 Å². The second kappa shape index (κ2) is 8.52. The Morgan fingerprint density at radius 1 is 1.19 bits per heavy atom. The monoisotopic (exact) mass is 441 g/mol. The number of rotatable bonds is 6. The molecule has 2 heterocycles. The highest BCUT2D eigenvalue weighted by Gasteiger charge is 2.21. The summed E-state index contributed by atoms with van der Waals surface area (Å²) >= 11 is 0.839. The third-order valence-electron chi connectivity index (χ3n) is 4.44. The number of aromatic nitrogens is 3. The number of ether oxygens (including phenoxy) is 1. The van der Waals surface area contributed by atoms with Crippen molar-refractivity contribution >= 4 is 27.9 Å². The number of thiazole rings is 1. The van der Waals surface area contributed by atoms with E-state index >= 15 is 0 Å². The molecule has 0 bridgehead atoms. The highest BCUT2D eigenvalue weighted by atomic mass is 32.1. The fourth-order valence-corrected chi connectivity index (χ4v) is 3.80. The predicted molar refractivity (Wildman–Crippen MR) is 114 cm³/mol. The number of nitrogens with zero attached hydrogens (tertiary/aromatic N) is 3. The number of nitrogen functional groups attached to an aromatic ring is 1. The molecule has 3 N–H and O–H groups in total. The molecule has 2 aromatic heterocycles. The molecule has 0 fully saturated rings. The van der Waals surface area contributed by atoms with Gasteiger partial charge in [0.2, 0.25) is 0 Å². The molecule has 0 spiro atoms. The predicted octanol–water partition coefficient (Wildman–Crippen LogP) is 4.18. The maximum absolute atomic E-state index is 14.0. The van der Waals surface area contributed by atoms with Gasteiger partial charge in [0, 0.05) is 6.20 Å². The summed E-state index contributed by atoms with van der Waals surface area (Å²) in [5.74, 6) is -1.39. The van der Waals surface area contributed by atoms with Gasteiger partial charge in [0.05, 0.1) is 31.1 Å². The summed E-state index contributed by atoms with van der Waals surface area (Å²) < 4.78 is 34.8. The second-order valence-corrected chi connectivity index (χ2v) is 7.59. The van der Waals surface area contributed by atoms with Crippen molar-refractivity contribution < 1.29 is 18.3 Å². The number of hydrogen-bond acceptors (Lipinski definition) is 6. The molecule has 158 valence electrons. The highest BCUT2D eigenvalue weighted by Crippen LogP contribution is 2.33. The molecule has 0 aliphatic rings. The zero-order chi connectivity index (χ0) is 22.0. The van der Waals surface area contributed by atoms with Gasteiger partial charge < -0.3 is 15.8 Å². The van der Waals surface area contributed by atoms with Crippen molar-refractivity contribution in [1.29, 1.82) is 0 Å². The molecule has 0 radical (unpaired) electrons. The Kier molecular flexibility index (Phi) is 5.63. The lowest BCUT2D eigenvalue weighted by Crippen LogP contribution is -2.13. The molecule has 7 nitrogen and oxygen atoms in total. The van der Waals surface area contributed by atoms with Crippen LogP contribution in [0.3, 0.4) is 0 Å². The maximum Gasteiger partial charge on any atom is 0.277 e. The maximum atomic E-state index is 14.0. The number of carbonyl (C=O) groups excluding carboxylic acids is 1. The fourth-order valence-electron chi connectivity index (χ4n) is 2.93. The zero-order valence-electron chi connectivity index (χ0n) is 16.3. The minimum Gasteiger partial charge on any atom is -0.497 e. The molecule has 0 aliphatic carbocycles. The Morgan fingerprint density at radius 3 is 2.58 bits per heavy atom. The number of methoxy groups -OCH3 is 1. The van der Waals surface area contributed by atoms with Crippen LogP contribution in [-0.2, 0) is 6.54 Å². The first-order valence-electron chi connectivity index (χ1n) is 9.12. The number of amides is 1. The molecule has 0 unspecified atom stereocenters. The van der Waals surface area contributed by atoms with Crippen LogP contribution >= 0.6 is 11.3 Å². The van der Waals surface area contributed by atoms with Gasteiger partial charge in [0.15, 0.2) is 5.69 Å². The Bertz CT molecular complexity index is 1220. The van der Waals surface area contributed by atoms with E-state index in [1.54, 1.807) is 18.0 Å². The van der Waals surface area contributed by atoms with Gasteiger partial charge in [-0.15, -0.1) is 0 Å². The van der Waals surface area contributed by atoms with Crippen molar-refractivity contribution in [2.45, 2.75) is 6.54 Å². The van der Waals surface area contributed by atoms with Crippen LogP contribution in [-0.4, -0.2) is 27.8 Å². The van der Waals surface area contributed by atoms with Crippen molar-refractivity contribution in [2.75, 3.05) is 18.2 Å². The van der Waals surface area contributed by atoms with E-state index in [0.29, 0.717) is 12.2 Å². The van der Waals surface area contributed by atoms with E-state index in [2.05, 4.69) is 15.4 Å². The van der Waals surface area contributed by atoms with Crippen molar-refractivity contribution in [3.63, 3.8) is 0 Å². The first-order valence-corrected chi connectivity index (χ1v) is 9.93. The number of hydrogen-bond donors (Lipinski definition) is 2. The summed E-state index contributed by atoms with van der Waals surface area (Å²) in [6, 6.07) is 11.0. The quantitative estimate of drug-likeness (QED) is 0.468. The van der Waals surface area contributed by atoms with Crippen LogP contribution in [0, 0.1) is 11.6 Å². The standard InChI is InChI=1S/C21H17F2N5O2S/c1-30-14-7-5-12(6-8-14)10-28-11-13(9-25-28)26-20(29)18-19(24)31-21(27-18)17-15(22)3-2-4-16(17)23/h2-9,11H,10,24H2,1H3,(H,26,29). The second-order valence-electron chi connectivity index (χ2n) is 6.56. The number of benzene rings is 2. The minimum absolute atomic E-state index is 0.00606. The Balaban J connectivity index is 1.48. The normalized spacial score (nSPS) is 10.8. The van der Waals surface area contributed by atoms with E-state index in [0.717, 1.165) is 34.8 Å². The highest BCUT2D eigenvalue weighted by molar-refractivity contribution is 7.19. The lowest BCUT2D eigenvalue weighted by molar-refractivity contribution is 0.102. The molecule has 2 aromatic carbocycles. The lowest BCUT2D eigenvalue weighted by Gasteiger charge is -2.04. The van der Waals surface area contributed by atoms with E-state index in [9.17, 15) is 13.6 Å². The van der Waals surface area contributed by atoms with E-state index in [-0.39, 0.29) is 21.3 Å². The molecule has 0 saturated carbocycles. The van der Waals surface area contributed by atoms with E-state index in [1.165, 1.54) is 12.3 Å². The third-order valence-corrected chi connectivity index (χ3v) is 5.34. The summed E-state index contributed by atoms with van der Waals surface area (Å²) in [5.41, 5.74) is 6.90. The summed E-state index contributed by atoms with van der Waals surface area (Å²) in [5, 5.41) is 6.92. The van der Waals surface area contributed by atoms with Gasteiger partial charge in [-0.3, -0.25) is 9.48 Å². The molecular formula is C21H17F2N5O2S. The van der Waals surface area contributed by atoms with Crippen molar-refractivity contribution in [1.82, 2.24) is 14.8 Å². The Labute approximate surface area is 180 Å². The summed E-state index contributed by atoms with van der Waals surface area (Å²) in [4.78, 5) is 16.7. The first-order chi connectivity index (χ1) is 14.9. The van der Waals surface area contributed by atoms with Crippen LogP contribution in [0.2, 0.25) is 0 Å². The van der Waals surface area contributed by atoms with E-state index < -0.39 is 17.5 Å². The molecule has 0 aliphatic heterocycles. The number of carbonyl (C=O) groups is 1. The molecule has 0 atom stereocenters. The summed E-state index contributed by atoms with van der Waals surface area (Å²) in [6.07, 6.45) is 3.14. The first kappa shape index (κ1) is 20.5. The number of anilines is 2. The topological polar surface area (TPSA) is 95.1 Å². The van der Waals surface area contributed by atoms with Crippen LogP contribution in [0.4, 0.5) is 19.5 Å². The van der Waals surface area contributed by atoms with Gasteiger partial charge in [0.1, 0.15) is 27.4 Å². The van der Waals surface area contributed by atoms with Gasteiger partial charge in [0.25, 0.3) is 5.91 Å². The SMILES string of the molecule is COc1ccc(Cn2cc(NC(=O)c3nc(-c4c(F)cccc4F)sc3N)cn2)cc1. The number of nitrogens with two attached hydrogens (primary N) is 1. The average molecular weight is 441 g/mol. The largest absolute Gasteiger partial charge is 0.497 e. The molecule has 10 heteroatoms. The fraction of sp³-hybridized carbons (Fsp3) is 0.0952. The smallest absolute Gasteiger partial charge is 0.277 e. The Hall–Kier alpha value is -3.79. The van der Waals surface area contributed by atoms with Gasteiger partial charge in [-0.1, -0.05) is 29.5 Å². The lowest BCUT2D eigenvalue weighted by atomic mass is 10.2. The molecular weight excluding hydrogens is 424 g/mol. The van der Waals surface area contributed by atoms with E-state index in [1.807, 2.05) is 24.3 Å². The van der Waals surface area contributed by atoms with Gasteiger partial charge in [-0.05, 0) is 29.8 Å². The number of nitrogens with one attached hydrogen (secondary N) is 1. The van der Waals surface area contributed by atoms with Crippen LogP contribution < -0.4 is 15.8 Å². The molecule has 1 amide bonds. The van der Waals surface area contributed by atoms with Crippen molar-refractivity contribution in [3.8, 4) is 16.3 Å². The van der Waals surface area contributed by atoms with Crippen LogP contribution in [0.25, 0.3) is 10.6 Å². The van der Waals surface area contributed by atoms with Crippen molar-refractivity contribution in [2.24, 2.45) is 0 Å². The molecule has 4 rings (SSSR count). The minimum atomic E-state index is -0.777. The molecule has 0 saturated heterocycles. The van der Waals surface area contributed by atoms with Crippen molar-refractivity contribution in [3.05, 3.63) is 77.8 Å². The summed E-state index contributed by atoms with van der Waals surface area (Å²) in [7, 11) is 1.60. The van der Waals surface area contributed by atoms with Crippen LogP contribution in [0.15, 0.2) is 54.9 Å². The molecule has 31 heavy (non-hydrogen) atoms. The van der Waals surface area contributed by atoms with Crippen LogP contribution in [0.5, 0.6) is 5.75 Å². The number of halogens is 2. The Morgan fingerprint density at radius 2 is 1.90 bits per heavy atom. The van der Waals surface area contributed by atoms with Crippen LogP contribution in [0.1, 0.15) is 16.1 Å². The average Bonchev–Trinajstić information content (AvgIpc) is 3.34. The zero-order valence-corrected chi connectivity index (χ0v) is 17.1. The summed E-state index contributed by atoms with van der Waals surface area (Å²) in [6.45, 7) is 0.495. The van der Waals surface area contributed by atoms with Gasteiger partial charge in [-0.2, -0.15) is 5.10 Å².